The fraction of sp³-hybridized carbons (Fsp3) is 0.688. The van der Waals surface area contributed by atoms with Crippen LogP contribution in [0.1, 0.15) is 37.3 Å². The number of aliphatic imine (C=N–C) groups is 1. The molecule has 0 bridgehead atoms. The molecule has 2 N–H and O–H groups in total. The lowest BCUT2D eigenvalue weighted by Crippen LogP contribution is -2.47. The zero-order valence-electron chi connectivity index (χ0n) is 15.9. The lowest BCUT2D eigenvalue weighted by molar-refractivity contribution is -0.0496. The van der Waals surface area contributed by atoms with E-state index in [4.69, 9.17) is 4.42 Å². The lowest BCUT2D eigenvalue weighted by atomic mass is 9.98. The number of piperidine rings is 1. The summed E-state index contributed by atoms with van der Waals surface area (Å²) in [6.45, 7) is 3.99. The highest BCUT2D eigenvalue weighted by Crippen LogP contribution is 2.30. The predicted molar refractivity (Wildman–Crippen MR) is 111 cm³/mol. The third-order valence-corrected chi connectivity index (χ3v) is 6.16. The fourth-order valence-corrected chi connectivity index (χ4v) is 3.88. The summed E-state index contributed by atoms with van der Waals surface area (Å²) in [5, 5.41) is 6.32. The van der Waals surface area contributed by atoms with Crippen LogP contribution in [0.2, 0.25) is 0 Å². The van der Waals surface area contributed by atoms with Crippen molar-refractivity contribution in [3.63, 3.8) is 0 Å². The van der Waals surface area contributed by atoms with Gasteiger partial charge >= 0.3 is 15.5 Å². The quantitative estimate of drug-likeness (QED) is 0.342. The second-order valence-electron chi connectivity index (χ2n) is 6.56. The predicted octanol–water partition coefficient (Wildman–Crippen LogP) is 2.99. The maximum absolute atomic E-state index is 12.6. The second kappa shape index (κ2) is 10.1. The number of furan rings is 1. The van der Waals surface area contributed by atoms with Gasteiger partial charge in [-0.1, -0.05) is 0 Å². The Balaban J connectivity index is 0.00000392. The molecule has 1 aromatic rings. The third kappa shape index (κ3) is 6.24. The van der Waals surface area contributed by atoms with E-state index in [1.807, 2.05) is 26.0 Å². The van der Waals surface area contributed by atoms with Gasteiger partial charge in [0.05, 0.1) is 6.04 Å². The Bertz CT molecular complexity index is 759. The number of alkyl halides is 3. The average molecular weight is 538 g/mol. The number of sulfonamides is 1. The van der Waals surface area contributed by atoms with Crippen molar-refractivity contribution >= 4 is 40.0 Å². The minimum absolute atomic E-state index is 0. The van der Waals surface area contributed by atoms with E-state index in [0.29, 0.717) is 29.7 Å². The average Bonchev–Trinajstić information content (AvgIpc) is 3.04. The zero-order valence-corrected chi connectivity index (χ0v) is 19.1. The molecule has 1 fully saturated rings. The van der Waals surface area contributed by atoms with E-state index >= 15 is 0 Å². The molecule has 162 valence electrons. The summed E-state index contributed by atoms with van der Waals surface area (Å²) < 4.78 is 66.7. The number of nitrogens with one attached hydrogen (secondary N) is 2. The van der Waals surface area contributed by atoms with Crippen LogP contribution in [0.5, 0.6) is 0 Å². The molecule has 2 heterocycles. The molecule has 0 aromatic carbocycles. The highest BCUT2D eigenvalue weighted by molar-refractivity contribution is 14.0. The normalized spacial score (nSPS) is 18.4. The molecular weight excluding hydrogens is 512 g/mol. The summed E-state index contributed by atoms with van der Waals surface area (Å²) in [4.78, 5) is 4.13. The molecule has 1 unspecified atom stereocenters. The van der Waals surface area contributed by atoms with Crippen molar-refractivity contribution in [1.82, 2.24) is 14.9 Å². The van der Waals surface area contributed by atoms with E-state index in [1.165, 1.54) is 0 Å². The van der Waals surface area contributed by atoms with Crippen LogP contribution in [-0.4, -0.2) is 50.9 Å². The van der Waals surface area contributed by atoms with Crippen LogP contribution in [0.15, 0.2) is 21.5 Å². The summed E-state index contributed by atoms with van der Waals surface area (Å²) in [7, 11) is -3.62. The van der Waals surface area contributed by atoms with Crippen LogP contribution in [0.25, 0.3) is 0 Å². The highest BCUT2D eigenvalue weighted by atomic mass is 127. The summed E-state index contributed by atoms with van der Waals surface area (Å²) in [5.74, 6) is 2.18. The van der Waals surface area contributed by atoms with E-state index in [-0.39, 0.29) is 49.0 Å². The van der Waals surface area contributed by atoms with Gasteiger partial charge in [-0.15, -0.1) is 24.0 Å². The maximum Gasteiger partial charge on any atom is 0.511 e. The minimum atomic E-state index is -5.25. The van der Waals surface area contributed by atoms with Crippen molar-refractivity contribution in [2.75, 3.05) is 26.7 Å². The van der Waals surface area contributed by atoms with Crippen molar-refractivity contribution in [1.29, 1.82) is 0 Å². The Morgan fingerprint density at radius 3 is 2.43 bits per heavy atom. The maximum atomic E-state index is 12.6. The molecule has 2 rings (SSSR count). The van der Waals surface area contributed by atoms with Gasteiger partial charge in [0.1, 0.15) is 11.5 Å². The fourth-order valence-electron chi connectivity index (χ4n) is 2.90. The molecule has 1 saturated heterocycles. The topological polar surface area (TPSA) is 86.9 Å². The summed E-state index contributed by atoms with van der Waals surface area (Å²) in [6, 6.07) is 3.63. The lowest BCUT2D eigenvalue weighted by Gasteiger charge is -2.31. The molecule has 0 amide bonds. The van der Waals surface area contributed by atoms with Gasteiger partial charge in [0.2, 0.25) is 0 Å². The summed E-state index contributed by atoms with van der Waals surface area (Å²) >= 11 is 0. The Hall–Kier alpha value is -1.02. The van der Waals surface area contributed by atoms with E-state index in [1.54, 1.807) is 7.05 Å². The van der Waals surface area contributed by atoms with Gasteiger partial charge in [-0.2, -0.15) is 17.5 Å². The molecule has 1 atom stereocenters. The highest BCUT2D eigenvalue weighted by Gasteiger charge is 2.50. The van der Waals surface area contributed by atoms with Gasteiger partial charge in [-0.05, 0) is 44.7 Å². The number of nitrogens with zero attached hydrogens (tertiary/aromatic N) is 2. The van der Waals surface area contributed by atoms with E-state index in [2.05, 4.69) is 15.6 Å². The smallest absolute Gasteiger partial charge is 0.464 e. The number of hydrogen-bond acceptors (Lipinski definition) is 4. The Morgan fingerprint density at radius 2 is 1.96 bits per heavy atom. The molecule has 1 aromatic heterocycles. The third-order valence-electron chi connectivity index (χ3n) is 4.53. The van der Waals surface area contributed by atoms with E-state index in [0.717, 1.165) is 11.5 Å². The van der Waals surface area contributed by atoms with Crippen LogP contribution in [0.4, 0.5) is 13.2 Å². The standard InChI is InChI=1S/C16H25F3N4O3S.HI/c1-11-4-5-14(26-11)12(2)22-15(20-3)21-10-13-6-8-23(9-7-13)27(24,25)16(17,18)19;/h4-5,12-13H,6-10H2,1-3H3,(H2,20,21,22);1H. The Labute approximate surface area is 180 Å². The molecule has 1 aliphatic rings. The van der Waals surface area contributed by atoms with Gasteiger partial charge in [0, 0.05) is 26.7 Å². The summed E-state index contributed by atoms with van der Waals surface area (Å²) in [5.41, 5.74) is -5.25. The van der Waals surface area contributed by atoms with Crippen molar-refractivity contribution in [3.8, 4) is 0 Å². The van der Waals surface area contributed by atoms with E-state index in [9.17, 15) is 21.6 Å². The van der Waals surface area contributed by atoms with Gasteiger partial charge in [-0.25, -0.2) is 8.42 Å². The molecule has 0 spiro atoms. The monoisotopic (exact) mass is 538 g/mol. The van der Waals surface area contributed by atoms with Crippen molar-refractivity contribution in [2.24, 2.45) is 10.9 Å². The van der Waals surface area contributed by atoms with Crippen LogP contribution >= 0.6 is 24.0 Å². The molecular formula is C16H26F3IN4O3S. The first-order valence-corrected chi connectivity index (χ1v) is 10.1. The molecule has 28 heavy (non-hydrogen) atoms. The largest absolute Gasteiger partial charge is 0.511 e. The molecule has 0 aliphatic carbocycles. The number of aryl methyl sites for hydroxylation is 1. The summed E-state index contributed by atoms with van der Waals surface area (Å²) in [6.07, 6.45) is 0.707. The Kier molecular flexibility index (Phi) is 9.06. The SMILES string of the molecule is CN=C(NCC1CCN(S(=O)(=O)C(F)(F)F)CC1)NC(C)c1ccc(C)o1.I. The van der Waals surface area contributed by atoms with Crippen LogP contribution in [-0.2, 0) is 10.0 Å². The molecule has 0 saturated carbocycles. The van der Waals surface area contributed by atoms with Crippen molar-refractivity contribution < 1.29 is 26.0 Å². The van der Waals surface area contributed by atoms with Gasteiger partial charge in [0.15, 0.2) is 5.96 Å². The van der Waals surface area contributed by atoms with Gasteiger partial charge in [0.25, 0.3) is 0 Å². The first-order chi connectivity index (χ1) is 12.5. The van der Waals surface area contributed by atoms with Crippen LogP contribution < -0.4 is 10.6 Å². The Morgan fingerprint density at radius 1 is 1.36 bits per heavy atom. The minimum Gasteiger partial charge on any atom is -0.464 e. The van der Waals surface area contributed by atoms with Crippen molar-refractivity contribution in [3.05, 3.63) is 23.7 Å². The molecule has 12 heteroatoms. The van der Waals surface area contributed by atoms with Gasteiger partial charge < -0.3 is 15.1 Å². The number of hydrogen-bond donors (Lipinski definition) is 2. The molecule has 0 radical (unpaired) electrons. The van der Waals surface area contributed by atoms with Crippen LogP contribution in [0.3, 0.4) is 0 Å². The van der Waals surface area contributed by atoms with E-state index < -0.39 is 15.5 Å². The van der Waals surface area contributed by atoms with Crippen molar-refractivity contribution in [2.45, 2.75) is 38.2 Å². The first kappa shape index (κ1) is 25.0. The first-order valence-electron chi connectivity index (χ1n) is 8.64. The van der Waals surface area contributed by atoms with Gasteiger partial charge in [-0.3, -0.25) is 4.99 Å². The molecule has 1 aliphatic heterocycles. The van der Waals surface area contributed by atoms with Crippen LogP contribution in [0, 0.1) is 12.8 Å². The number of halogens is 4. The number of rotatable bonds is 5. The second-order valence-corrected chi connectivity index (χ2v) is 8.49. The number of guanidine groups is 1. The zero-order chi connectivity index (χ0) is 20.2. The molecule has 7 nitrogen and oxygen atoms in total.